The number of benzene rings is 3. The number of hydrogen-bond donors (Lipinski definition) is 3. The summed E-state index contributed by atoms with van der Waals surface area (Å²) in [5, 5.41) is 10.4. The van der Waals surface area contributed by atoms with Crippen molar-refractivity contribution in [2.75, 3.05) is 24.5 Å². The van der Waals surface area contributed by atoms with E-state index in [0.29, 0.717) is 54.0 Å². The summed E-state index contributed by atoms with van der Waals surface area (Å²) in [6.45, 7) is 1.64. The normalized spacial score (nSPS) is 17.2. The quantitative estimate of drug-likeness (QED) is 0.344. The number of carboxylic acids is 1. The van der Waals surface area contributed by atoms with E-state index < -0.39 is 24.2 Å². The molecule has 4 N–H and O–H groups in total. The zero-order chi connectivity index (χ0) is 29.0. The predicted molar refractivity (Wildman–Crippen MR) is 141 cm³/mol. The molecule has 0 saturated carbocycles. The van der Waals surface area contributed by atoms with Gasteiger partial charge < -0.3 is 21.1 Å². The second-order valence-electron chi connectivity index (χ2n) is 9.32. The summed E-state index contributed by atoms with van der Waals surface area (Å²) < 4.78 is 31.7. The van der Waals surface area contributed by atoms with Crippen LogP contribution in [0.5, 0.6) is 0 Å². The van der Waals surface area contributed by atoms with Crippen LogP contribution in [0.3, 0.4) is 0 Å². The Balaban J connectivity index is 0.000000470. The van der Waals surface area contributed by atoms with Crippen molar-refractivity contribution in [3.05, 3.63) is 101 Å². The molecule has 0 aromatic heterocycles. The highest BCUT2D eigenvalue weighted by molar-refractivity contribution is 6.30. The first-order valence-corrected chi connectivity index (χ1v) is 12.4. The van der Waals surface area contributed by atoms with Crippen molar-refractivity contribution < 1.29 is 37.5 Å². The number of carbonyl (C=O) groups is 4. The van der Waals surface area contributed by atoms with Gasteiger partial charge in [0.25, 0.3) is 0 Å². The third-order valence-corrected chi connectivity index (χ3v) is 6.72. The maximum absolute atomic E-state index is 13.5. The lowest BCUT2D eigenvalue weighted by Crippen LogP contribution is -2.59. The highest BCUT2D eigenvalue weighted by atomic mass is 19.4. The van der Waals surface area contributed by atoms with E-state index in [9.17, 15) is 27.6 Å². The maximum Gasteiger partial charge on any atom is 0.490 e. The van der Waals surface area contributed by atoms with Gasteiger partial charge in [0.2, 0.25) is 0 Å². The molecule has 2 atom stereocenters. The summed E-state index contributed by atoms with van der Waals surface area (Å²) in [5.41, 5.74) is 9.55. The van der Waals surface area contributed by atoms with Crippen LogP contribution >= 0.6 is 0 Å². The molecule has 8 nitrogen and oxygen atoms in total. The Morgan fingerprint density at radius 3 is 2.12 bits per heavy atom. The molecule has 40 heavy (non-hydrogen) atoms. The van der Waals surface area contributed by atoms with Gasteiger partial charge in [0, 0.05) is 42.0 Å². The Bertz CT molecular complexity index is 1440. The average molecular weight is 554 g/mol. The fraction of sp³-hybridized carbons (Fsp3) is 0.241. The second kappa shape index (κ2) is 11.8. The number of hydrogen-bond acceptors (Lipinski definition) is 7. The summed E-state index contributed by atoms with van der Waals surface area (Å²) in [4.78, 5) is 50.9. The first-order chi connectivity index (χ1) is 19.0. The van der Waals surface area contributed by atoms with Crippen LogP contribution in [0, 0.1) is 0 Å². The third kappa shape index (κ3) is 5.95. The van der Waals surface area contributed by atoms with Gasteiger partial charge in [-0.05, 0) is 18.1 Å². The molecule has 0 radical (unpaired) electrons. The molecule has 5 rings (SSSR count). The van der Waals surface area contributed by atoms with Gasteiger partial charge in [-0.15, -0.1) is 0 Å². The Morgan fingerprint density at radius 2 is 1.50 bits per heavy atom. The molecule has 0 spiro atoms. The van der Waals surface area contributed by atoms with Crippen molar-refractivity contribution in [1.29, 1.82) is 0 Å². The van der Waals surface area contributed by atoms with Gasteiger partial charge in [-0.2, -0.15) is 13.2 Å². The third-order valence-electron chi connectivity index (χ3n) is 6.72. The Hall–Kier alpha value is -4.35. The Labute approximate surface area is 227 Å². The number of piperazine rings is 1. The van der Waals surface area contributed by atoms with Crippen LogP contribution in [0.15, 0.2) is 72.8 Å². The lowest BCUT2D eigenvalue weighted by atomic mass is 9.82. The Kier molecular flexibility index (Phi) is 8.46. The number of aliphatic carboxylic acids is 1. The molecule has 0 amide bonds. The molecule has 1 unspecified atom stereocenters. The molecule has 3 aromatic carbocycles. The van der Waals surface area contributed by atoms with Crippen LogP contribution < -0.4 is 16.0 Å². The molecule has 11 heteroatoms. The molecular weight excluding hydrogens is 527 g/mol. The topological polar surface area (TPSA) is 130 Å². The number of alkyl halides is 3. The molecule has 1 heterocycles. The van der Waals surface area contributed by atoms with Gasteiger partial charge in [-0.3, -0.25) is 14.4 Å². The highest BCUT2D eigenvalue weighted by Crippen LogP contribution is 2.35. The van der Waals surface area contributed by atoms with Crippen molar-refractivity contribution in [3.63, 3.8) is 0 Å². The molecule has 2 aliphatic rings. The van der Waals surface area contributed by atoms with E-state index >= 15 is 0 Å². The summed E-state index contributed by atoms with van der Waals surface area (Å²) in [5.74, 6) is -3.19. The smallest absolute Gasteiger partial charge is 0.475 e. The number of halogens is 3. The molecule has 1 fully saturated rings. The largest absolute Gasteiger partial charge is 0.490 e. The monoisotopic (exact) mass is 553 g/mol. The summed E-state index contributed by atoms with van der Waals surface area (Å²) in [6, 6.07) is 20.7. The van der Waals surface area contributed by atoms with Gasteiger partial charge in [-0.25, -0.2) is 4.79 Å². The lowest BCUT2D eigenvalue weighted by molar-refractivity contribution is -0.192. The van der Waals surface area contributed by atoms with E-state index in [4.69, 9.17) is 15.6 Å². The minimum absolute atomic E-state index is 0.0846. The fourth-order valence-corrected chi connectivity index (χ4v) is 4.83. The minimum atomic E-state index is -5.08. The van der Waals surface area contributed by atoms with E-state index in [1.165, 1.54) is 0 Å². The van der Waals surface area contributed by atoms with Gasteiger partial charge in [0.1, 0.15) is 6.04 Å². The molecule has 1 saturated heterocycles. The van der Waals surface area contributed by atoms with E-state index in [2.05, 4.69) is 5.32 Å². The molecule has 208 valence electrons. The van der Waals surface area contributed by atoms with Crippen LogP contribution in [0.1, 0.15) is 37.4 Å². The van der Waals surface area contributed by atoms with Crippen LogP contribution in [-0.2, 0) is 16.0 Å². The number of carbonyl (C=O) groups excluding carboxylic acids is 3. The van der Waals surface area contributed by atoms with Gasteiger partial charge >= 0.3 is 12.1 Å². The minimum Gasteiger partial charge on any atom is -0.475 e. The number of anilines is 1. The molecule has 0 bridgehead atoms. The molecule has 1 aliphatic heterocycles. The standard InChI is InChI=1S/C27H25N3O3.C2HF3O2/c28-21(15-17-7-2-1-3-8-17)27(33)23-16-29-13-14-30(23)22-12-6-11-20-24(22)26(32)19-10-5-4-9-18(19)25(20)31;3-2(4,5)1(6)7/h1-12,21,23,29H,13-16,28H2;(H,6,7)/t21-,23?;/m0./s1. The predicted octanol–water partition coefficient (Wildman–Crippen LogP) is 3.01. The van der Waals surface area contributed by atoms with E-state index in [1.807, 2.05) is 41.3 Å². The van der Waals surface area contributed by atoms with E-state index in [-0.39, 0.29) is 17.3 Å². The van der Waals surface area contributed by atoms with Crippen LogP contribution in [0.4, 0.5) is 18.9 Å². The van der Waals surface area contributed by atoms with Gasteiger partial charge in [-0.1, -0.05) is 66.7 Å². The number of fused-ring (bicyclic) bond motifs is 2. The van der Waals surface area contributed by atoms with E-state index in [0.717, 1.165) is 5.56 Å². The summed E-state index contributed by atoms with van der Waals surface area (Å²) in [6.07, 6.45) is -4.64. The number of nitrogens with two attached hydrogens (primary N) is 1. The second-order valence-corrected chi connectivity index (χ2v) is 9.32. The van der Waals surface area contributed by atoms with Crippen LogP contribution in [-0.4, -0.2) is 66.3 Å². The van der Waals surface area contributed by atoms with Crippen LogP contribution in [0.25, 0.3) is 0 Å². The van der Waals surface area contributed by atoms with E-state index in [1.54, 1.807) is 36.4 Å². The number of Topliss-reactive ketones (excluding diaryl/α,β-unsaturated/α-hetero) is 1. The average Bonchev–Trinajstić information content (AvgIpc) is 2.95. The zero-order valence-corrected chi connectivity index (χ0v) is 21.1. The highest BCUT2D eigenvalue weighted by Gasteiger charge is 2.39. The summed E-state index contributed by atoms with van der Waals surface area (Å²) >= 11 is 0. The van der Waals surface area contributed by atoms with Gasteiger partial charge in [0.05, 0.1) is 11.6 Å². The van der Waals surface area contributed by atoms with Crippen molar-refractivity contribution in [3.8, 4) is 0 Å². The lowest BCUT2D eigenvalue weighted by Gasteiger charge is -2.39. The number of ketones is 3. The maximum atomic E-state index is 13.5. The van der Waals surface area contributed by atoms with Crippen molar-refractivity contribution in [2.45, 2.75) is 24.7 Å². The SMILES string of the molecule is N[C@@H](Cc1ccccc1)C(=O)C1CNCCN1c1cccc2c1C(=O)c1ccccc1C2=O.O=C(O)C(F)(F)F. The fourth-order valence-electron chi connectivity index (χ4n) is 4.83. The van der Waals surface area contributed by atoms with Crippen molar-refractivity contribution >= 4 is 29.0 Å². The Morgan fingerprint density at radius 1 is 0.925 bits per heavy atom. The zero-order valence-electron chi connectivity index (χ0n) is 21.1. The first-order valence-electron chi connectivity index (χ1n) is 12.4. The number of carboxylic acid groups (broad SMARTS) is 1. The van der Waals surface area contributed by atoms with Crippen molar-refractivity contribution in [2.24, 2.45) is 5.73 Å². The van der Waals surface area contributed by atoms with Crippen LogP contribution in [0.2, 0.25) is 0 Å². The first kappa shape index (κ1) is 28.7. The molecule has 3 aromatic rings. The molecule has 1 aliphatic carbocycles. The van der Waals surface area contributed by atoms with Gasteiger partial charge in [0.15, 0.2) is 17.3 Å². The number of rotatable bonds is 5. The molecular formula is C29H26F3N3O5. The van der Waals surface area contributed by atoms with Crippen molar-refractivity contribution in [1.82, 2.24) is 5.32 Å². The number of nitrogens with one attached hydrogen (secondary N) is 1. The number of nitrogens with zero attached hydrogens (tertiary/aromatic N) is 1. The summed E-state index contributed by atoms with van der Waals surface area (Å²) in [7, 11) is 0.